The van der Waals surface area contributed by atoms with Gasteiger partial charge in [0.2, 0.25) is 0 Å². The van der Waals surface area contributed by atoms with Gasteiger partial charge in [-0.2, -0.15) is 12.1 Å². The fraction of sp³-hybridized carbons (Fsp3) is 0.0649. The maximum atomic E-state index is 6.81. The van der Waals surface area contributed by atoms with Crippen molar-refractivity contribution in [2.45, 2.75) is 31.6 Å². The SMILES string of the molecule is CC(C)(C)c1ccnc(-n2c3[c-]c(Oc4[c-]c(N5[CH-]n6c7ccccc7c7ccccc7c7cccc(-c8ccc9c(c8)-c8ccccc8C98c9ccccc9-c9ccccc98)c7c7cccc5c76)ccc4)ccc3c3ccccc32)c1.[Pt]. The zero-order chi connectivity index (χ0) is 54.4. The largest absolute Gasteiger partial charge is 0.509 e. The number of ether oxygens (including phenoxy) is 1. The summed E-state index contributed by atoms with van der Waals surface area (Å²) in [5.41, 5.74) is 19.6. The van der Waals surface area contributed by atoms with E-state index in [1.807, 2.05) is 18.3 Å². The number of fused-ring (bicyclic) bond motifs is 20. The van der Waals surface area contributed by atoms with E-state index in [4.69, 9.17) is 9.72 Å². The second-order valence-corrected chi connectivity index (χ2v) is 23.1. The van der Waals surface area contributed by atoms with E-state index in [1.165, 1.54) is 82.7 Å². The van der Waals surface area contributed by atoms with Gasteiger partial charge in [0.25, 0.3) is 0 Å². The van der Waals surface area contributed by atoms with E-state index in [9.17, 15) is 0 Å². The zero-order valence-electron chi connectivity index (χ0n) is 45.8. The normalized spacial score (nSPS) is 13.3. The summed E-state index contributed by atoms with van der Waals surface area (Å²) >= 11 is 0. The standard InChI is InChI=1S/C77H51N4O.Pt/c1-76(2,3)49-41-42-78-73(44-49)81-70-35-15-10-27-60(70)61-39-38-52(46-72(61)81)82-51-20-16-19-50(45-51)79-47-80-69-34-14-9-26-59(69)54-21-4-5-22-55(54)62-29-17-28-53(74(62)63-30-18-36-71(79)75(63)80)48-37-40-68-64(43-48)58-25-8-13-33-67(58)77(68)65-31-11-6-23-56(65)57-24-7-12-32-66(57)77;/h4-44,47H,1-3H3;/q-3;. The molecule has 0 N–H and O–H groups in total. The van der Waals surface area contributed by atoms with Gasteiger partial charge >= 0.3 is 0 Å². The second kappa shape index (κ2) is 18.4. The molecule has 0 saturated carbocycles. The third kappa shape index (κ3) is 7.11. The molecule has 1 spiro atoms. The van der Waals surface area contributed by atoms with Crippen molar-refractivity contribution in [1.29, 1.82) is 0 Å². The minimum absolute atomic E-state index is 0. The molecule has 0 fully saturated rings. The average Bonchev–Trinajstić information content (AvgIpc) is 1.88. The molecule has 17 rings (SSSR count). The Morgan fingerprint density at radius 3 is 1.76 bits per heavy atom. The molecule has 0 amide bonds. The Balaban J connectivity index is 0.00000565. The van der Waals surface area contributed by atoms with Crippen molar-refractivity contribution in [2.75, 3.05) is 4.90 Å². The first-order valence-electron chi connectivity index (χ1n) is 28.3. The molecule has 1 aliphatic heterocycles. The first kappa shape index (κ1) is 49.2. The summed E-state index contributed by atoms with van der Waals surface area (Å²) < 4.78 is 11.4. The molecule has 0 radical (unpaired) electrons. The van der Waals surface area contributed by atoms with E-state index < -0.39 is 5.41 Å². The molecule has 0 bridgehead atoms. The minimum atomic E-state index is -0.421. The smallest absolute Gasteiger partial charge is 0.135 e. The summed E-state index contributed by atoms with van der Waals surface area (Å²) in [7, 11) is 0. The Morgan fingerprint density at radius 1 is 0.458 bits per heavy atom. The summed E-state index contributed by atoms with van der Waals surface area (Å²) in [5, 5.41) is 9.23. The van der Waals surface area contributed by atoms with E-state index in [2.05, 4.69) is 284 Å². The van der Waals surface area contributed by atoms with E-state index in [0.29, 0.717) is 11.5 Å². The van der Waals surface area contributed by atoms with Crippen molar-refractivity contribution in [2.24, 2.45) is 0 Å². The number of anilines is 2. The number of pyridine rings is 1. The molecule has 6 heteroatoms. The number of hydrogen-bond donors (Lipinski definition) is 0. The topological polar surface area (TPSA) is 35.2 Å². The van der Waals surface area contributed by atoms with E-state index >= 15 is 0 Å². The van der Waals surface area contributed by atoms with Gasteiger partial charge in [0.1, 0.15) is 5.82 Å². The van der Waals surface area contributed by atoms with E-state index in [0.717, 1.165) is 60.8 Å². The van der Waals surface area contributed by atoms with Gasteiger partial charge in [-0.25, -0.2) is 4.98 Å². The maximum Gasteiger partial charge on any atom is 0.135 e. The first-order valence-corrected chi connectivity index (χ1v) is 28.3. The molecule has 11 aromatic carbocycles. The molecular weight excluding hydrogens is 1190 g/mol. The molecule has 2 aliphatic carbocycles. The monoisotopic (exact) mass is 1240 g/mol. The molecule has 3 aromatic heterocycles. The molecule has 0 saturated heterocycles. The molecule has 0 atom stereocenters. The van der Waals surface area contributed by atoms with Crippen LogP contribution in [0.2, 0.25) is 0 Å². The number of hydrogen-bond acceptors (Lipinski definition) is 3. The van der Waals surface area contributed by atoms with Crippen LogP contribution in [-0.2, 0) is 31.9 Å². The van der Waals surface area contributed by atoms with Crippen molar-refractivity contribution in [3.8, 4) is 50.7 Å². The van der Waals surface area contributed by atoms with Crippen molar-refractivity contribution >= 4 is 76.5 Å². The van der Waals surface area contributed by atoms with Crippen LogP contribution in [0, 0.1) is 18.8 Å². The van der Waals surface area contributed by atoms with Gasteiger partial charge < -0.3 is 18.8 Å². The third-order valence-electron chi connectivity index (χ3n) is 17.7. The molecule has 3 aliphatic rings. The number of benzene rings is 11. The third-order valence-corrected chi connectivity index (χ3v) is 17.7. The summed E-state index contributed by atoms with van der Waals surface area (Å²) in [6, 6.07) is 96.3. The van der Waals surface area contributed by atoms with Crippen LogP contribution in [0.15, 0.2) is 249 Å². The summed E-state index contributed by atoms with van der Waals surface area (Å²) in [5.74, 6) is 2.02. The molecular formula is C77H51N4OPt-3. The van der Waals surface area contributed by atoms with Crippen LogP contribution in [-0.4, -0.2) is 14.1 Å². The van der Waals surface area contributed by atoms with Crippen molar-refractivity contribution in [1.82, 2.24) is 14.1 Å². The number of aromatic nitrogens is 3. The molecule has 0 unspecified atom stereocenters. The summed E-state index contributed by atoms with van der Waals surface area (Å²) in [6.45, 7) is 8.94. The first-order chi connectivity index (χ1) is 40.3. The Morgan fingerprint density at radius 2 is 1.02 bits per heavy atom. The van der Waals surface area contributed by atoms with Crippen LogP contribution in [0.1, 0.15) is 48.6 Å². The van der Waals surface area contributed by atoms with Gasteiger partial charge in [0.15, 0.2) is 0 Å². The van der Waals surface area contributed by atoms with Crippen molar-refractivity contribution < 1.29 is 25.8 Å². The Hall–Kier alpha value is -9.67. The van der Waals surface area contributed by atoms with Crippen molar-refractivity contribution in [3.63, 3.8) is 0 Å². The van der Waals surface area contributed by atoms with Crippen LogP contribution in [0.5, 0.6) is 11.5 Å². The van der Waals surface area contributed by atoms with Gasteiger partial charge in [-0.15, -0.1) is 35.7 Å². The molecule has 4 heterocycles. The van der Waals surface area contributed by atoms with Gasteiger partial charge in [-0.3, -0.25) is 0 Å². The molecule has 83 heavy (non-hydrogen) atoms. The van der Waals surface area contributed by atoms with Crippen molar-refractivity contribution in [3.05, 3.63) is 295 Å². The summed E-state index contributed by atoms with van der Waals surface area (Å²) in [4.78, 5) is 7.17. The quantitative estimate of drug-likeness (QED) is 0.161. The predicted molar refractivity (Wildman–Crippen MR) is 337 cm³/mol. The zero-order valence-corrected chi connectivity index (χ0v) is 48.0. The Kier molecular flexibility index (Phi) is 10.9. The second-order valence-electron chi connectivity index (χ2n) is 23.1. The fourth-order valence-corrected chi connectivity index (χ4v) is 14.2. The maximum absolute atomic E-state index is 6.81. The van der Waals surface area contributed by atoms with Gasteiger partial charge in [-0.1, -0.05) is 219 Å². The molecule has 398 valence electrons. The van der Waals surface area contributed by atoms with Gasteiger partial charge in [-0.05, 0) is 147 Å². The van der Waals surface area contributed by atoms with Crippen LogP contribution in [0.3, 0.4) is 0 Å². The Bertz CT molecular complexity index is 5090. The number of rotatable bonds is 5. The van der Waals surface area contributed by atoms with Gasteiger partial charge in [0.05, 0.1) is 5.41 Å². The van der Waals surface area contributed by atoms with Crippen LogP contribution in [0.4, 0.5) is 11.4 Å². The molecule has 5 nitrogen and oxygen atoms in total. The van der Waals surface area contributed by atoms with Crippen LogP contribution in [0.25, 0.3) is 104 Å². The average molecular weight is 1240 g/mol. The number of para-hydroxylation sites is 3. The fourth-order valence-electron chi connectivity index (χ4n) is 14.2. The Labute approximate surface area is 495 Å². The van der Waals surface area contributed by atoms with Crippen LogP contribution >= 0.6 is 0 Å². The van der Waals surface area contributed by atoms with Crippen LogP contribution < -0.4 is 9.64 Å². The van der Waals surface area contributed by atoms with E-state index in [-0.39, 0.29) is 26.5 Å². The van der Waals surface area contributed by atoms with E-state index in [1.54, 1.807) is 0 Å². The predicted octanol–water partition coefficient (Wildman–Crippen LogP) is 19.5. The minimum Gasteiger partial charge on any atom is -0.509 e. The number of nitrogens with zero attached hydrogens (tertiary/aromatic N) is 4. The molecule has 14 aromatic rings. The summed E-state index contributed by atoms with van der Waals surface area (Å²) in [6.07, 6.45) is 1.91. The van der Waals surface area contributed by atoms with Gasteiger partial charge in [0, 0.05) is 50.0 Å².